The number of likely N-dealkylation sites (tertiary alicyclic amines) is 1. The zero-order valence-electron chi connectivity index (χ0n) is 18.2. The highest BCUT2D eigenvalue weighted by Crippen LogP contribution is 2.20. The van der Waals surface area contributed by atoms with Crippen LogP contribution in [0.2, 0.25) is 0 Å². The summed E-state index contributed by atoms with van der Waals surface area (Å²) >= 11 is 0. The van der Waals surface area contributed by atoms with E-state index in [4.69, 9.17) is 20.3 Å². The molecule has 2 N–H and O–H groups in total. The van der Waals surface area contributed by atoms with E-state index in [1.54, 1.807) is 19.3 Å². The minimum atomic E-state index is -0.403. The van der Waals surface area contributed by atoms with Crippen LogP contribution in [0.4, 0.5) is 4.79 Å². The largest absolute Gasteiger partial charge is 0.412 e. The summed E-state index contributed by atoms with van der Waals surface area (Å²) in [5.74, 6) is 0.590. The maximum Gasteiger partial charge on any atom is 0.412 e. The van der Waals surface area contributed by atoms with Crippen molar-refractivity contribution >= 4 is 34.3 Å². The van der Waals surface area contributed by atoms with E-state index in [1.165, 1.54) is 5.56 Å². The molecule has 0 bridgehead atoms. The summed E-state index contributed by atoms with van der Waals surface area (Å²) in [7, 11) is 13.9. The molecule has 3 unspecified atom stereocenters. The van der Waals surface area contributed by atoms with Gasteiger partial charge in [0.15, 0.2) is 0 Å². The molecule has 1 saturated heterocycles. The van der Waals surface area contributed by atoms with E-state index < -0.39 is 6.09 Å². The van der Waals surface area contributed by atoms with Crippen molar-refractivity contribution in [1.82, 2.24) is 15.5 Å². The Morgan fingerprint density at radius 1 is 1.23 bits per heavy atom. The fourth-order valence-corrected chi connectivity index (χ4v) is 4.14. The first kappa shape index (κ1) is 23.5. The molecule has 1 amide bonds. The van der Waals surface area contributed by atoms with E-state index in [2.05, 4.69) is 28.5 Å². The van der Waals surface area contributed by atoms with E-state index in [0.29, 0.717) is 5.75 Å². The Kier molecular flexibility index (Phi) is 9.10. The first-order valence-corrected chi connectivity index (χ1v) is 11.0. The second-order valence-corrected chi connectivity index (χ2v) is 7.92. The van der Waals surface area contributed by atoms with E-state index in [0.717, 1.165) is 44.5 Å². The number of carbonyl (C=O) groups is 1. The monoisotopic (exact) mass is 412 g/mol. The summed E-state index contributed by atoms with van der Waals surface area (Å²) in [6, 6.07) is 17.3. The first-order chi connectivity index (χ1) is 15.1. The summed E-state index contributed by atoms with van der Waals surface area (Å²) in [4.78, 5) is 14.4. The Hall–Kier alpha value is -2.18. The maximum absolute atomic E-state index is 12.1. The fourth-order valence-electron chi connectivity index (χ4n) is 4.14. The van der Waals surface area contributed by atoms with Crippen molar-refractivity contribution in [2.75, 3.05) is 26.2 Å². The van der Waals surface area contributed by atoms with Gasteiger partial charge >= 0.3 is 6.09 Å². The van der Waals surface area contributed by atoms with Crippen molar-refractivity contribution in [2.24, 2.45) is 0 Å². The molecule has 1 heterocycles. The molecule has 0 aliphatic carbocycles. The summed E-state index contributed by atoms with van der Waals surface area (Å²) in [5.41, 5.74) is 2.21. The molecule has 0 aromatic heterocycles. The Morgan fingerprint density at radius 3 is 2.71 bits per heavy atom. The van der Waals surface area contributed by atoms with Crippen LogP contribution in [-0.2, 0) is 0 Å². The number of ether oxygens (including phenoxy) is 1. The highest BCUT2D eigenvalue weighted by molar-refractivity contribution is 6.97. The Labute approximate surface area is 189 Å². The van der Waals surface area contributed by atoms with Gasteiger partial charge in [0.2, 0.25) is 0 Å². The minimum absolute atomic E-state index is 0.0974. The van der Waals surface area contributed by atoms with Crippen molar-refractivity contribution in [1.29, 1.82) is 0 Å². The van der Waals surface area contributed by atoms with E-state index in [1.807, 2.05) is 36.4 Å². The van der Waals surface area contributed by atoms with E-state index in [9.17, 15) is 4.79 Å². The molecular weight excluding hydrogens is 383 g/mol. The van der Waals surface area contributed by atoms with Crippen LogP contribution in [0.1, 0.15) is 31.2 Å². The van der Waals surface area contributed by atoms with Crippen LogP contribution in [0.25, 0.3) is 0 Å². The lowest BCUT2D eigenvalue weighted by Gasteiger charge is -2.28. The lowest BCUT2D eigenvalue weighted by atomic mass is 9.49. The second-order valence-electron chi connectivity index (χ2n) is 7.92. The number of hydrogen-bond donors (Lipinski definition) is 2. The highest BCUT2D eigenvalue weighted by atomic mass is 16.6. The first-order valence-electron chi connectivity index (χ1n) is 11.0. The number of para-hydroxylation sites is 1. The van der Waals surface area contributed by atoms with Crippen molar-refractivity contribution in [3.05, 3.63) is 60.2 Å². The number of nitrogens with zero attached hydrogens (tertiary/aromatic N) is 1. The number of hydrogen-bond acceptors (Lipinski definition) is 4. The quantitative estimate of drug-likeness (QED) is 0.582. The molecule has 3 rings (SSSR count). The Bertz CT molecular complexity index is 825. The molecule has 1 fully saturated rings. The number of amides is 1. The third-order valence-corrected chi connectivity index (χ3v) is 5.80. The molecule has 0 spiro atoms. The fraction of sp³-hybridized carbons (Fsp3) is 0.435. The average molecular weight is 412 g/mol. The average Bonchev–Trinajstić information content (AvgIpc) is 3.22. The van der Waals surface area contributed by atoms with Gasteiger partial charge in [0.05, 0.1) is 15.0 Å². The molecule has 2 aromatic rings. The summed E-state index contributed by atoms with van der Waals surface area (Å²) in [5, 5.41) is 6.42. The standard InChI is InChI=1S/C23H29B3N3O2/c1-2-19(20-10-6-7-11-21(20)26-25)22(24)27-13-15-29-14-12-17(16-29)28-23(30)31-18-8-4-3-5-9-18/h3-11,17,19,22,27H,2,12-16H2,1H3,(H,28,30). The van der Waals surface area contributed by atoms with Crippen molar-refractivity contribution in [3.63, 3.8) is 0 Å². The van der Waals surface area contributed by atoms with Gasteiger partial charge in [-0.05, 0) is 36.8 Å². The van der Waals surface area contributed by atoms with Crippen molar-refractivity contribution in [3.8, 4) is 5.75 Å². The predicted octanol–water partition coefficient (Wildman–Crippen LogP) is 1.54. The van der Waals surface area contributed by atoms with Gasteiger partial charge < -0.3 is 15.4 Å². The number of nitrogens with one attached hydrogen (secondary N) is 2. The van der Waals surface area contributed by atoms with Gasteiger partial charge in [0.1, 0.15) is 5.75 Å². The van der Waals surface area contributed by atoms with Crippen LogP contribution in [0.3, 0.4) is 0 Å². The van der Waals surface area contributed by atoms with Gasteiger partial charge in [0, 0.05) is 40.0 Å². The molecule has 1 aliphatic heterocycles. The predicted molar refractivity (Wildman–Crippen MR) is 129 cm³/mol. The molecule has 2 aromatic carbocycles. The molecule has 0 saturated carbocycles. The molecule has 5 radical (unpaired) electrons. The number of benzene rings is 2. The highest BCUT2D eigenvalue weighted by Gasteiger charge is 2.25. The summed E-state index contributed by atoms with van der Waals surface area (Å²) in [6.07, 6.45) is 1.44. The summed E-state index contributed by atoms with van der Waals surface area (Å²) in [6.45, 7) is 5.55. The van der Waals surface area contributed by atoms with Gasteiger partial charge in [-0.2, -0.15) is 0 Å². The Balaban J connectivity index is 1.40. The van der Waals surface area contributed by atoms with E-state index >= 15 is 0 Å². The van der Waals surface area contributed by atoms with Crippen LogP contribution in [0, 0.1) is 0 Å². The topological polar surface area (TPSA) is 53.6 Å². The van der Waals surface area contributed by atoms with Crippen molar-refractivity contribution in [2.45, 2.75) is 37.7 Å². The smallest absolute Gasteiger partial charge is 0.410 e. The van der Waals surface area contributed by atoms with Crippen LogP contribution < -0.4 is 20.8 Å². The number of carbonyl (C=O) groups excluding carboxylic acids is 1. The third-order valence-electron chi connectivity index (χ3n) is 5.80. The number of rotatable bonds is 10. The van der Waals surface area contributed by atoms with Crippen molar-refractivity contribution < 1.29 is 9.53 Å². The SMILES string of the molecule is [B][B]c1ccccc1C(CC)C([B])NCCN1CCC(NC(=O)Oc2ccccc2)C1. The zero-order valence-corrected chi connectivity index (χ0v) is 18.2. The molecule has 31 heavy (non-hydrogen) atoms. The molecule has 5 nitrogen and oxygen atoms in total. The molecule has 3 atom stereocenters. The van der Waals surface area contributed by atoms with Crippen LogP contribution >= 0.6 is 0 Å². The molecular formula is C23H29B3N3O2. The maximum atomic E-state index is 12.1. The lowest BCUT2D eigenvalue weighted by Crippen LogP contribution is -2.42. The van der Waals surface area contributed by atoms with Crippen LogP contribution in [0.15, 0.2) is 54.6 Å². The second kappa shape index (κ2) is 12.0. The van der Waals surface area contributed by atoms with Gasteiger partial charge in [0.25, 0.3) is 0 Å². The Morgan fingerprint density at radius 2 is 1.97 bits per heavy atom. The van der Waals surface area contributed by atoms with Gasteiger partial charge in [-0.15, -0.1) is 0 Å². The minimum Gasteiger partial charge on any atom is -0.410 e. The van der Waals surface area contributed by atoms with E-state index in [-0.39, 0.29) is 17.9 Å². The van der Waals surface area contributed by atoms with Crippen LogP contribution in [-0.4, -0.2) is 71.9 Å². The van der Waals surface area contributed by atoms with Gasteiger partial charge in [-0.25, -0.2) is 4.79 Å². The summed E-state index contributed by atoms with van der Waals surface area (Å²) < 4.78 is 5.31. The normalized spacial score (nSPS) is 18.3. The third kappa shape index (κ3) is 6.91. The molecule has 8 heteroatoms. The van der Waals surface area contributed by atoms with Gasteiger partial charge in [-0.3, -0.25) is 4.90 Å². The molecule has 1 aliphatic rings. The molecule has 157 valence electrons. The lowest BCUT2D eigenvalue weighted by molar-refractivity contribution is 0.195. The van der Waals surface area contributed by atoms with Crippen LogP contribution in [0.5, 0.6) is 5.75 Å². The zero-order chi connectivity index (χ0) is 22.1. The van der Waals surface area contributed by atoms with Gasteiger partial charge in [-0.1, -0.05) is 60.4 Å².